The van der Waals surface area contributed by atoms with Gasteiger partial charge in [0.05, 0.1) is 24.4 Å². The molecule has 0 aliphatic heterocycles. The van der Waals surface area contributed by atoms with Gasteiger partial charge in [0.15, 0.2) is 0 Å². The molecular formula is C12H10N2O8S. The van der Waals surface area contributed by atoms with Crippen molar-refractivity contribution >= 4 is 28.3 Å². The number of aromatic carboxylic acids is 1. The fourth-order valence-electron chi connectivity index (χ4n) is 1.64. The lowest BCUT2D eigenvalue weighted by molar-refractivity contribution is -0.136. The van der Waals surface area contributed by atoms with E-state index in [1.165, 1.54) is 0 Å². The van der Waals surface area contributed by atoms with Crippen LogP contribution in [0.15, 0.2) is 24.3 Å². The van der Waals surface area contributed by atoms with Crippen LogP contribution in [-0.2, 0) is 11.2 Å². The number of thiophene rings is 1. The molecule has 0 atom stereocenters. The van der Waals surface area contributed by atoms with Gasteiger partial charge in [-0.25, -0.2) is 4.79 Å². The topological polar surface area (TPSA) is 183 Å². The molecule has 11 heteroatoms. The van der Waals surface area contributed by atoms with E-state index in [1.807, 2.05) is 0 Å². The molecule has 0 unspecified atom stereocenters. The molecule has 0 amide bonds. The maximum Gasteiger partial charge on any atom is 0.346 e. The third-order valence-electron chi connectivity index (χ3n) is 2.37. The van der Waals surface area contributed by atoms with E-state index in [0.29, 0.717) is 28.6 Å². The first-order valence-corrected chi connectivity index (χ1v) is 6.47. The highest BCUT2D eigenvalue weighted by Gasteiger charge is 2.26. The predicted octanol–water partition coefficient (Wildman–Crippen LogP) is 1.58. The number of hydrogen-bond donors (Lipinski definition) is 6. The van der Waals surface area contributed by atoms with Crippen molar-refractivity contribution in [1.29, 1.82) is 5.26 Å². The van der Waals surface area contributed by atoms with E-state index in [-0.39, 0.29) is 16.1 Å². The predicted molar refractivity (Wildman–Crippen MR) is 76.5 cm³/mol. The summed E-state index contributed by atoms with van der Waals surface area (Å²) in [7, 11) is 0. The minimum Gasteiger partial charge on any atom is -0.481 e. The molecule has 0 fully saturated rings. The Morgan fingerprint density at radius 3 is 1.96 bits per heavy atom. The molecule has 0 aliphatic carbocycles. The van der Waals surface area contributed by atoms with Crippen molar-refractivity contribution in [2.45, 2.75) is 6.42 Å². The third-order valence-corrected chi connectivity index (χ3v) is 3.60. The smallest absolute Gasteiger partial charge is 0.346 e. The van der Waals surface area contributed by atoms with Gasteiger partial charge in [0.25, 0.3) is 11.9 Å². The standard InChI is InChI=1S/C12H10N2O8S/c13-2-6-5(1-7(15)16)10(12(21)22)23-11(6)14(3-8(17)18)4-9(19)20/h3-4,17-20H,1H2,(H,15,16)(H,21,22). The van der Waals surface area contributed by atoms with E-state index in [0.717, 1.165) is 0 Å². The van der Waals surface area contributed by atoms with Crippen LogP contribution in [0.5, 0.6) is 0 Å². The Kier molecular flexibility index (Phi) is 5.41. The monoisotopic (exact) mass is 342 g/mol. The lowest BCUT2D eigenvalue weighted by Gasteiger charge is -2.13. The summed E-state index contributed by atoms with van der Waals surface area (Å²) >= 11 is 0.460. The van der Waals surface area contributed by atoms with Crippen molar-refractivity contribution in [2.24, 2.45) is 0 Å². The Morgan fingerprint density at radius 1 is 1.09 bits per heavy atom. The minimum absolute atomic E-state index is 0.234. The van der Waals surface area contributed by atoms with Crippen molar-refractivity contribution in [2.75, 3.05) is 4.90 Å². The SMILES string of the molecule is N#Cc1c(N(C=C(O)O)C=C(O)O)sc(C(=O)O)c1CC(=O)O. The number of aliphatic hydroxyl groups is 4. The van der Waals surface area contributed by atoms with Crippen LogP contribution in [0.4, 0.5) is 5.00 Å². The zero-order valence-electron chi connectivity index (χ0n) is 11.2. The first kappa shape index (κ1) is 17.7. The molecule has 0 saturated heterocycles. The van der Waals surface area contributed by atoms with Crippen LogP contribution < -0.4 is 4.90 Å². The fourth-order valence-corrected chi connectivity index (χ4v) is 2.70. The summed E-state index contributed by atoms with van der Waals surface area (Å²) in [6.07, 6.45) is 0.378. The molecule has 0 saturated carbocycles. The normalized spacial score (nSPS) is 9.52. The van der Waals surface area contributed by atoms with Crippen LogP contribution in [-0.4, -0.2) is 42.6 Å². The van der Waals surface area contributed by atoms with Crippen molar-refractivity contribution in [3.8, 4) is 6.07 Å². The van der Waals surface area contributed by atoms with Crippen LogP contribution in [0.1, 0.15) is 20.8 Å². The number of aliphatic hydroxyl groups excluding tert-OH is 2. The van der Waals surface area contributed by atoms with Gasteiger partial charge in [-0.1, -0.05) is 0 Å². The molecule has 1 rings (SSSR count). The first-order valence-electron chi connectivity index (χ1n) is 5.66. The molecule has 0 radical (unpaired) electrons. The molecule has 1 aromatic heterocycles. The molecule has 122 valence electrons. The molecule has 1 aromatic rings. The molecule has 10 nitrogen and oxygen atoms in total. The molecule has 0 aromatic carbocycles. The van der Waals surface area contributed by atoms with Gasteiger partial charge in [-0.15, -0.1) is 11.3 Å². The van der Waals surface area contributed by atoms with Crippen molar-refractivity contribution in [3.05, 3.63) is 40.3 Å². The summed E-state index contributed by atoms with van der Waals surface area (Å²) in [6, 6.07) is 1.63. The number of carboxylic acids is 2. The van der Waals surface area contributed by atoms with Crippen LogP contribution >= 0.6 is 11.3 Å². The van der Waals surface area contributed by atoms with Gasteiger partial charge in [0.2, 0.25) is 0 Å². The largest absolute Gasteiger partial charge is 0.481 e. The fraction of sp³-hybridized carbons (Fsp3) is 0.0833. The van der Waals surface area contributed by atoms with Crippen LogP contribution in [0.3, 0.4) is 0 Å². The third kappa shape index (κ3) is 4.29. The summed E-state index contributed by atoms with van der Waals surface area (Å²) in [6.45, 7) is 0. The van der Waals surface area contributed by atoms with Gasteiger partial charge in [-0.3, -0.25) is 4.79 Å². The van der Waals surface area contributed by atoms with Crippen molar-refractivity contribution in [1.82, 2.24) is 0 Å². The van der Waals surface area contributed by atoms with Crippen molar-refractivity contribution in [3.63, 3.8) is 0 Å². The van der Waals surface area contributed by atoms with E-state index in [1.54, 1.807) is 6.07 Å². The van der Waals surface area contributed by atoms with E-state index < -0.39 is 35.1 Å². The van der Waals surface area contributed by atoms with E-state index in [4.69, 9.17) is 30.6 Å². The van der Waals surface area contributed by atoms with Crippen LogP contribution in [0, 0.1) is 11.3 Å². The van der Waals surface area contributed by atoms with Gasteiger partial charge in [0, 0.05) is 5.56 Å². The number of hydrogen-bond acceptors (Lipinski definition) is 9. The Morgan fingerprint density at radius 2 is 1.61 bits per heavy atom. The summed E-state index contributed by atoms with van der Waals surface area (Å²) in [4.78, 5) is 22.3. The summed E-state index contributed by atoms with van der Waals surface area (Å²) in [5, 5.41) is 62.4. The second-order valence-corrected chi connectivity index (χ2v) is 4.96. The quantitative estimate of drug-likeness (QED) is 0.415. The number of nitrogens with zero attached hydrogens (tertiary/aromatic N) is 2. The Hall–Kier alpha value is -3.39. The second-order valence-electron chi connectivity index (χ2n) is 3.96. The Balaban J connectivity index is 3.65. The van der Waals surface area contributed by atoms with Gasteiger partial charge >= 0.3 is 11.9 Å². The summed E-state index contributed by atoms with van der Waals surface area (Å²) in [5.74, 6) is -5.39. The molecule has 0 aliphatic rings. The maximum atomic E-state index is 11.2. The van der Waals surface area contributed by atoms with Crippen LogP contribution in [0.2, 0.25) is 0 Å². The maximum absolute atomic E-state index is 11.2. The highest BCUT2D eigenvalue weighted by Crippen LogP contribution is 2.37. The highest BCUT2D eigenvalue weighted by molar-refractivity contribution is 7.18. The molecule has 23 heavy (non-hydrogen) atoms. The summed E-state index contributed by atoms with van der Waals surface area (Å²) in [5.41, 5.74) is -0.640. The van der Waals surface area contributed by atoms with Crippen LogP contribution in [0.25, 0.3) is 0 Å². The second kappa shape index (κ2) is 7.05. The average Bonchev–Trinajstić information content (AvgIpc) is 2.74. The number of carbonyl (C=O) groups is 2. The Labute approximate surface area is 132 Å². The zero-order chi connectivity index (χ0) is 17.7. The number of carboxylic acid groups (broad SMARTS) is 2. The number of aliphatic carboxylic acids is 1. The van der Waals surface area contributed by atoms with Gasteiger partial charge in [-0.05, 0) is 0 Å². The highest BCUT2D eigenvalue weighted by atomic mass is 32.1. The van der Waals surface area contributed by atoms with Gasteiger partial charge in [-0.2, -0.15) is 5.26 Å². The average molecular weight is 342 g/mol. The Bertz CT molecular complexity index is 717. The van der Waals surface area contributed by atoms with E-state index >= 15 is 0 Å². The number of nitriles is 1. The van der Waals surface area contributed by atoms with E-state index in [9.17, 15) is 14.9 Å². The van der Waals surface area contributed by atoms with E-state index in [2.05, 4.69) is 0 Å². The molecule has 1 heterocycles. The van der Waals surface area contributed by atoms with Gasteiger partial charge in [0.1, 0.15) is 15.9 Å². The first-order chi connectivity index (χ1) is 10.7. The molecule has 0 spiro atoms. The van der Waals surface area contributed by atoms with Gasteiger partial charge < -0.3 is 35.5 Å². The molecule has 6 N–H and O–H groups in total. The zero-order valence-corrected chi connectivity index (χ0v) is 12.0. The lowest BCUT2D eigenvalue weighted by atomic mass is 10.1. The lowest BCUT2D eigenvalue weighted by Crippen LogP contribution is -2.11. The minimum atomic E-state index is -1.48. The molecule has 0 bridgehead atoms. The van der Waals surface area contributed by atoms with Crippen molar-refractivity contribution < 1.29 is 40.2 Å². The number of anilines is 1. The number of rotatable bonds is 6. The molecular weight excluding hydrogens is 332 g/mol. The summed E-state index contributed by atoms with van der Waals surface area (Å²) < 4.78 is 0.